The molecule has 5 N–H and O–H groups in total. The molecule has 0 saturated carbocycles. The van der Waals surface area contributed by atoms with Crippen LogP contribution in [0.1, 0.15) is 6.92 Å². The van der Waals surface area contributed by atoms with Crippen molar-refractivity contribution in [2.45, 2.75) is 43.2 Å². The van der Waals surface area contributed by atoms with Crippen molar-refractivity contribution in [3.05, 3.63) is 0 Å². The van der Waals surface area contributed by atoms with E-state index in [-0.39, 0.29) is 0 Å². The van der Waals surface area contributed by atoms with Crippen LogP contribution in [0.3, 0.4) is 0 Å². The highest BCUT2D eigenvalue weighted by atomic mass is 32.1. The smallest absolute Gasteiger partial charge is 0.267 e. The minimum atomic E-state index is -2.90. The van der Waals surface area contributed by atoms with E-state index in [4.69, 9.17) is 4.74 Å². The summed E-state index contributed by atoms with van der Waals surface area (Å²) in [7, 11) is 0. The van der Waals surface area contributed by atoms with E-state index in [1.807, 2.05) is 0 Å². The normalized spacial score (nSPS) is 41.6. The lowest BCUT2D eigenvalue weighted by molar-refractivity contribution is -0.439. The Morgan fingerprint density at radius 2 is 1.81 bits per heavy atom. The van der Waals surface area contributed by atoms with Gasteiger partial charge < -0.3 is 30.5 Å². The summed E-state index contributed by atoms with van der Waals surface area (Å²) in [6.45, 7) is 1.07. The Morgan fingerprint density at radius 1 is 1.29 bits per heavy atom. The van der Waals surface area contributed by atoms with Gasteiger partial charge in [-0.25, -0.2) is 0 Å². The Kier molecular flexibility index (Phi) is 6.58. The summed E-state index contributed by atoms with van der Waals surface area (Å²) < 4.78 is 18.0. The second kappa shape index (κ2) is 7.18. The first-order valence-electron chi connectivity index (χ1n) is 5.36. The van der Waals surface area contributed by atoms with Gasteiger partial charge in [-0.3, -0.25) is 17.3 Å². The topological polar surface area (TPSA) is 147 Å². The van der Waals surface area contributed by atoms with Crippen LogP contribution < -0.4 is 5.32 Å². The summed E-state index contributed by atoms with van der Waals surface area (Å²) in [4.78, 5) is 11.1. The monoisotopic (exact) mass is 365 g/mol. The van der Waals surface area contributed by atoms with E-state index in [9.17, 15) is 25.2 Å². The van der Waals surface area contributed by atoms with Gasteiger partial charge in [0.1, 0.15) is 6.04 Å². The van der Waals surface area contributed by atoms with Crippen LogP contribution in [-0.2, 0) is 22.1 Å². The van der Waals surface area contributed by atoms with Crippen LogP contribution in [0.5, 0.6) is 0 Å². The molecule has 1 fully saturated rings. The lowest BCUT2D eigenvalue weighted by atomic mass is 9.88. The Bertz CT molecular complexity index is 390. The molecule has 13 heteroatoms. The predicted molar refractivity (Wildman–Crippen MR) is 74.6 cm³/mol. The third kappa shape index (κ3) is 3.28. The number of amides is 1. The molecule has 124 valence electrons. The second-order valence-electron chi connectivity index (χ2n) is 4.20. The second-order valence-corrected chi connectivity index (χ2v) is 4.77. The molecule has 1 aliphatic heterocycles. The minimum absolute atomic E-state index is 0.697. The van der Waals surface area contributed by atoms with Gasteiger partial charge in [-0.1, -0.05) is 0 Å². The van der Waals surface area contributed by atoms with Gasteiger partial charge >= 0.3 is 0 Å². The molecular formula is C8H15NO9S3. The summed E-state index contributed by atoms with van der Waals surface area (Å²) in [6.07, 6.45) is -5.80. The van der Waals surface area contributed by atoms with Gasteiger partial charge in [-0.2, -0.15) is 0 Å². The summed E-state index contributed by atoms with van der Waals surface area (Å²) >= 11 is 10.1. The van der Waals surface area contributed by atoms with Crippen LogP contribution in [0.4, 0.5) is 0 Å². The number of carbonyl (C=O) groups is 1. The third-order valence-electron chi connectivity index (χ3n) is 2.90. The standard InChI is InChI=1S/C8H15NO9S3/c1-2(10)9-3-5(11)15-4(6(12)16-19)8(14,18-21)7(3,13)17-20/h3-6,11-14,19-21H,1H3,(H,9,10)/t3-,4-,5+,6?,7+,8+/m1/s1. The number of hydrogen-bond acceptors (Lipinski definition) is 12. The number of ether oxygens (including phenoxy) is 1. The van der Waals surface area contributed by atoms with Gasteiger partial charge in [0.2, 0.25) is 5.91 Å². The zero-order valence-corrected chi connectivity index (χ0v) is 13.2. The zero-order valence-electron chi connectivity index (χ0n) is 10.5. The number of thiol groups is 3. The summed E-state index contributed by atoms with van der Waals surface area (Å²) in [5.74, 6) is -6.46. The van der Waals surface area contributed by atoms with Gasteiger partial charge in [0.15, 0.2) is 18.7 Å². The van der Waals surface area contributed by atoms with E-state index < -0.39 is 42.2 Å². The molecule has 21 heavy (non-hydrogen) atoms. The molecular weight excluding hydrogens is 350 g/mol. The summed E-state index contributed by atoms with van der Waals surface area (Å²) in [5.41, 5.74) is 0. The Hall–Kier alpha value is 0.200. The molecule has 1 aliphatic rings. The molecule has 0 bridgehead atoms. The van der Waals surface area contributed by atoms with Crippen LogP contribution in [-0.4, -0.2) is 62.6 Å². The lowest BCUT2D eigenvalue weighted by Gasteiger charge is -2.52. The highest BCUT2D eigenvalue weighted by Gasteiger charge is 2.70. The predicted octanol–water partition coefficient (Wildman–Crippen LogP) is -2.51. The Morgan fingerprint density at radius 3 is 2.19 bits per heavy atom. The number of hydrogen-bond donors (Lipinski definition) is 8. The largest absolute Gasteiger partial charge is 0.366 e. The molecule has 1 saturated heterocycles. The van der Waals surface area contributed by atoms with Crippen LogP contribution in [0.25, 0.3) is 0 Å². The van der Waals surface area contributed by atoms with E-state index in [0.717, 1.165) is 6.92 Å². The summed E-state index contributed by atoms with van der Waals surface area (Å²) in [5, 5.41) is 42.3. The molecule has 0 radical (unpaired) electrons. The molecule has 1 amide bonds. The molecule has 1 rings (SSSR count). The number of carbonyl (C=O) groups excluding carboxylic acids is 1. The van der Waals surface area contributed by atoms with Crippen molar-refractivity contribution in [2.24, 2.45) is 0 Å². The maximum atomic E-state index is 11.1. The molecule has 0 spiro atoms. The van der Waals surface area contributed by atoms with Crippen molar-refractivity contribution in [1.29, 1.82) is 0 Å². The van der Waals surface area contributed by atoms with Gasteiger partial charge in [0.05, 0.1) is 0 Å². The molecule has 0 aliphatic carbocycles. The highest BCUT2D eigenvalue weighted by Crippen LogP contribution is 2.42. The van der Waals surface area contributed by atoms with Crippen molar-refractivity contribution in [2.75, 3.05) is 0 Å². The minimum Gasteiger partial charge on any atom is -0.366 e. The van der Waals surface area contributed by atoms with Crippen molar-refractivity contribution in [1.82, 2.24) is 5.32 Å². The molecule has 1 heterocycles. The maximum Gasteiger partial charge on any atom is 0.267 e. The molecule has 0 aromatic heterocycles. The van der Waals surface area contributed by atoms with Gasteiger partial charge in [-0.15, -0.1) is 0 Å². The third-order valence-corrected chi connectivity index (χ3v) is 3.67. The number of aliphatic hydroxyl groups is 4. The van der Waals surface area contributed by atoms with E-state index in [2.05, 4.69) is 56.6 Å². The van der Waals surface area contributed by atoms with Gasteiger partial charge in [0, 0.05) is 6.92 Å². The van der Waals surface area contributed by atoms with E-state index >= 15 is 0 Å². The van der Waals surface area contributed by atoms with E-state index in [1.165, 1.54) is 0 Å². The number of nitrogens with one attached hydrogen (secondary N) is 1. The van der Waals surface area contributed by atoms with E-state index in [0.29, 0.717) is 0 Å². The van der Waals surface area contributed by atoms with Crippen molar-refractivity contribution >= 4 is 44.6 Å². The SMILES string of the molecule is CC(=O)N[C@@H]1[C@@H](O)O[C@H](C(O)OS)[C@](O)(OS)[C@@]1(O)OS. The van der Waals surface area contributed by atoms with Crippen molar-refractivity contribution in [3.63, 3.8) is 0 Å². The first kappa shape index (κ1) is 19.2. The fourth-order valence-corrected chi connectivity index (χ4v) is 2.47. The first-order valence-corrected chi connectivity index (χ1v) is 6.46. The maximum absolute atomic E-state index is 11.1. The molecule has 6 atom stereocenters. The number of aliphatic hydroxyl groups excluding tert-OH is 2. The highest BCUT2D eigenvalue weighted by molar-refractivity contribution is 7.75. The lowest BCUT2D eigenvalue weighted by Crippen LogP contribution is -2.79. The van der Waals surface area contributed by atoms with Crippen molar-refractivity contribution in [3.8, 4) is 0 Å². The quantitative estimate of drug-likeness (QED) is 0.150. The molecule has 10 nitrogen and oxygen atoms in total. The average molecular weight is 365 g/mol. The Labute approximate surface area is 136 Å². The van der Waals surface area contributed by atoms with Crippen molar-refractivity contribution < 1.29 is 42.5 Å². The number of rotatable bonds is 5. The average Bonchev–Trinajstić information content (AvgIpc) is 2.46. The van der Waals surface area contributed by atoms with Crippen LogP contribution in [0.15, 0.2) is 0 Å². The van der Waals surface area contributed by atoms with Gasteiger partial charge in [0.25, 0.3) is 11.6 Å². The molecule has 0 aromatic carbocycles. The van der Waals surface area contributed by atoms with Crippen LogP contribution in [0, 0.1) is 0 Å². The fourth-order valence-electron chi connectivity index (χ4n) is 1.88. The molecule has 0 aromatic rings. The zero-order chi connectivity index (χ0) is 16.4. The van der Waals surface area contributed by atoms with E-state index in [1.54, 1.807) is 0 Å². The molecule has 1 unspecified atom stereocenters. The van der Waals surface area contributed by atoms with Gasteiger partial charge in [-0.05, 0) is 38.7 Å². The first-order chi connectivity index (χ1) is 9.67. The Balaban J connectivity index is 3.30. The van der Waals surface area contributed by atoms with Crippen LogP contribution >= 0.6 is 38.7 Å². The summed E-state index contributed by atoms with van der Waals surface area (Å²) in [6, 6.07) is -1.73. The fraction of sp³-hybridized carbons (Fsp3) is 0.875. The van der Waals surface area contributed by atoms with Crippen LogP contribution in [0.2, 0.25) is 0 Å².